The Bertz CT molecular complexity index is 581. The van der Waals surface area contributed by atoms with Crippen LogP contribution < -0.4 is 11.1 Å². The zero-order valence-electron chi connectivity index (χ0n) is 9.28. The van der Waals surface area contributed by atoms with Crippen LogP contribution >= 0.6 is 38.5 Å². The van der Waals surface area contributed by atoms with Gasteiger partial charge in [0, 0.05) is 19.3 Å². The fourth-order valence-corrected chi connectivity index (χ4v) is 2.53. The summed E-state index contributed by atoms with van der Waals surface area (Å²) in [6.07, 6.45) is 0. The molecule has 0 atom stereocenters. The molecule has 0 saturated carbocycles. The zero-order chi connectivity index (χ0) is 13.1. The average Bonchev–Trinajstić information content (AvgIpc) is 2.31. The van der Waals surface area contributed by atoms with E-state index in [0.717, 1.165) is 13.7 Å². The van der Waals surface area contributed by atoms with Gasteiger partial charge in [0.25, 0.3) is 5.91 Å². The average molecular weight is 417 g/mol. The number of nitrogens with one attached hydrogen (secondary N) is 1. The molecule has 92 valence electrons. The summed E-state index contributed by atoms with van der Waals surface area (Å²) >= 11 is 5.50. The molecule has 2 rings (SSSR count). The number of halogens is 2. The lowest BCUT2D eigenvalue weighted by Gasteiger charge is -2.08. The molecule has 3 N–H and O–H groups in total. The van der Waals surface area contributed by atoms with Crippen LogP contribution in [0, 0.1) is 3.57 Å². The van der Waals surface area contributed by atoms with Crippen molar-refractivity contribution in [2.24, 2.45) is 0 Å². The maximum atomic E-state index is 12.1. The summed E-state index contributed by atoms with van der Waals surface area (Å²) in [7, 11) is 0. The molecule has 3 nitrogen and oxygen atoms in total. The summed E-state index contributed by atoms with van der Waals surface area (Å²) in [6, 6.07) is 12.7. The molecule has 0 radical (unpaired) electrons. The van der Waals surface area contributed by atoms with Gasteiger partial charge < -0.3 is 11.1 Å². The molecule has 0 bridgehead atoms. The van der Waals surface area contributed by atoms with Crippen LogP contribution in [0.3, 0.4) is 0 Å². The van der Waals surface area contributed by atoms with E-state index in [9.17, 15) is 4.79 Å². The normalized spacial score (nSPS) is 10.1. The smallest absolute Gasteiger partial charge is 0.255 e. The van der Waals surface area contributed by atoms with Crippen LogP contribution in [0.15, 0.2) is 46.9 Å². The second-order valence-corrected chi connectivity index (χ2v) is 5.79. The number of para-hydroxylation sites is 1. The highest BCUT2D eigenvalue weighted by Crippen LogP contribution is 2.21. The van der Waals surface area contributed by atoms with Crippen LogP contribution in [-0.2, 0) is 0 Å². The molecule has 0 aliphatic rings. The molecule has 2 aromatic rings. The van der Waals surface area contributed by atoms with Crippen LogP contribution in [0.25, 0.3) is 0 Å². The Morgan fingerprint density at radius 2 is 1.94 bits per heavy atom. The van der Waals surface area contributed by atoms with Gasteiger partial charge in [0.15, 0.2) is 0 Å². The lowest BCUT2D eigenvalue weighted by atomic mass is 10.2. The molecule has 0 fully saturated rings. The van der Waals surface area contributed by atoms with Crippen molar-refractivity contribution >= 4 is 55.8 Å². The molecule has 0 spiro atoms. The molecule has 1 amide bonds. The van der Waals surface area contributed by atoms with E-state index in [-0.39, 0.29) is 5.91 Å². The van der Waals surface area contributed by atoms with Gasteiger partial charge in [-0.15, -0.1) is 0 Å². The van der Waals surface area contributed by atoms with E-state index in [1.165, 1.54) is 0 Å². The number of hydrogen-bond donors (Lipinski definition) is 2. The van der Waals surface area contributed by atoms with Crippen LogP contribution in [0.5, 0.6) is 0 Å². The van der Waals surface area contributed by atoms with Gasteiger partial charge in [-0.3, -0.25) is 4.79 Å². The lowest BCUT2D eigenvalue weighted by molar-refractivity contribution is 0.102. The largest absolute Gasteiger partial charge is 0.399 e. The van der Waals surface area contributed by atoms with Gasteiger partial charge in [0.1, 0.15) is 0 Å². The quantitative estimate of drug-likeness (QED) is 0.576. The summed E-state index contributed by atoms with van der Waals surface area (Å²) in [5.74, 6) is -0.174. The third-order valence-corrected chi connectivity index (χ3v) is 3.70. The predicted molar refractivity (Wildman–Crippen MR) is 85.7 cm³/mol. The van der Waals surface area contributed by atoms with Crippen molar-refractivity contribution in [3.05, 3.63) is 56.1 Å². The molecule has 0 heterocycles. The number of nitrogen functional groups attached to an aromatic ring is 1. The molecule has 5 heteroatoms. The van der Waals surface area contributed by atoms with E-state index in [4.69, 9.17) is 5.73 Å². The lowest BCUT2D eigenvalue weighted by Crippen LogP contribution is -2.13. The number of carbonyl (C=O) groups is 1. The summed E-state index contributed by atoms with van der Waals surface area (Å²) in [5, 5.41) is 2.86. The van der Waals surface area contributed by atoms with Gasteiger partial charge in [-0.1, -0.05) is 28.1 Å². The predicted octanol–water partition coefficient (Wildman–Crippen LogP) is 3.89. The minimum absolute atomic E-state index is 0.174. The van der Waals surface area contributed by atoms with Gasteiger partial charge >= 0.3 is 0 Å². The van der Waals surface area contributed by atoms with Crippen LogP contribution in [0.2, 0.25) is 0 Å². The summed E-state index contributed by atoms with van der Waals surface area (Å²) in [6.45, 7) is 0. The third-order valence-electron chi connectivity index (χ3n) is 2.30. The SMILES string of the molecule is Nc1cc(Br)cc(C(=O)Nc2ccccc2I)c1. The Kier molecular flexibility index (Phi) is 4.23. The Hall–Kier alpha value is -1.08. The highest BCUT2D eigenvalue weighted by Gasteiger charge is 2.09. The molecular weight excluding hydrogens is 407 g/mol. The maximum absolute atomic E-state index is 12.1. The number of carbonyl (C=O) groups excluding carboxylic acids is 1. The van der Waals surface area contributed by atoms with Crippen molar-refractivity contribution < 1.29 is 4.79 Å². The van der Waals surface area contributed by atoms with Gasteiger partial charge in [-0.05, 0) is 52.9 Å². The standard InChI is InChI=1S/C13H10BrIN2O/c14-9-5-8(6-10(16)7-9)13(18)17-12-4-2-1-3-11(12)15/h1-7H,16H2,(H,17,18). The highest BCUT2D eigenvalue weighted by atomic mass is 127. The van der Waals surface area contributed by atoms with E-state index < -0.39 is 0 Å². The van der Waals surface area contributed by atoms with E-state index in [2.05, 4.69) is 43.8 Å². The van der Waals surface area contributed by atoms with Crippen molar-refractivity contribution in [1.82, 2.24) is 0 Å². The molecule has 0 unspecified atom stereocenters. The number of nitrogens with two attached hydrogens (primary N) is 1. The number of anilines is 2. The number of hydrogen-bond acceptors (Lipinski definition) is 2. The van der Waals surface area contributed by atoms with Gasteiger partial charge in [-0.25, -0.2) is 0 Å². The number of rotatable bonds is 2. The van der Waals surface area contributed by atoms with E-state index in [1.807, 2.05) is 24.3 Å². The van der Waals surface area contributed by atoms with Gasteiger partial charge in [0.05, 0.1) is 5.69 Å². The molecule has 0 aliphatic carbocycles. The molecular formula is C13H10BrIN2O. The first kappa shape index (κ1) is 13.4. The minimum Gasteiger partial charge on any atom is -0.399 e. The van der Waals surface area contributed by atoms with Gasteiger partial charge in [-0.2, -0.15) is 0 Å². The fourth-order valence-electron chi connectivity index (χ4n) is 1.50. The van der Waals surface area contributed by atoms with Crippen LogP contribution in [-0.4, -0.2) is 5.91 Å². The number of benzene rings is 2. The van der Waals surface area contributed by atoms with Crippen molar-refractivity contribution in [3.8, 4) is 0 Å². The number of amides is 1. The second kappa shape index (κ2) is 5.71. The summed E-state index contributed by atoms with van der Waals surface area (Å²) < 4.78 is 1.78. The van der Waals surface area contributed by atoms with Crippen molar-refractivity contribution in [2.75, 3.05) is 11.1 Å². The van der Waals surface area contributed by atoms with E-state index >= 15 is 0 Å². The van der Waals surface area contributed by atoms with Crippen molar-refractivity contribution in [2.45, 2.75) is 0 Å². The van der Waals surface area contributed by atoms with Crippen LogP contribution in [0.4, 0.5) is 11.4 Å². The monoisotopic (exact) mass is 416 g/mol. The molecule has 0 saturated heterocycles. The van der Waals surface area contributed by atoms with E-state index in [0.29, 0.717) is 11.3 Å². The third kappa shape index (κ3) is 3.23. The zero-order valence-corrected chi connectivity index (χ0v) is 13.0. The fraction of sp³-hybridized carbons (Fsp3) is 0. The molecule has 18 heavy (non-hydrogen) atoms. The minimum atomic E-state index is -0.174. The highest BCUT2D eigenvalue weighted by molar-refractivity contribution is 14.1. The maximum Gasteiger partial charge on any atom is 0.255 e. The Morgan fingerprint density at radius 3 is 2.61 bits per heavy atom. The van der Waals surface area contributed by atoms with Crippen LogP contribution in [0.1, 0.15) is 10.4 Å². The summed E-state index contributed by atoms with van der Waals surface area (Å²) in [4.78, 5) is 12.1. The first-order valence-corrected chi connectivity index (χ1v) is 7.05. The first-order valence-electron chi connectivity index (χ1n) is 5.18. The molecule has 0 aromatic heterocycles. The Labute approximate surface area is 127 Å². The van der Waals surface area contributed by atoms with Gasteiger partial charge in [0.2, 0.25) is 0 Å². The van der Waals surface area contributed by atoms with Crippen molar-refractivity contribution in [1.29, 1.82) is 0 Å². The Balaban J connectivity index is 2.25. The Morgan fingerprint density at radius 1 is 1.22 bits per heavy atom. The first-order chi connectivity index (χ1) is 8.56. The summed E-state index contributed by atoms with van der Waals surface area (Å²) in [5.41, 5.74) is 7.58. The molecule has 2 aromatic carbocycles. The second-order valence-electron chi connectivity index (χ2n) is 3.71. The van der Waals surface area contributed by atoms with Crippen molar-refractivity contribution in [3.63, 3.8) is 0 Å². The van der Waals surface area contributed by atoms with E-state index in [1.54, 1.807) is 18.2 Å². The topological polar surface area (TPSA) is 55.1 Å². The molecule has 0 aliphatic heterocycles.